The molecule has 1 saturated carbocycles. The lowest BCUT2D eigenvalue weighted by molar-refractivity contribution is -0.147. The number of carbonyl (C=O) groups excluding carboxylic acids is 2. The number of fused-ring (bicyclic) bond motifs is 2. The Morgan fingerprint density at radius 3 is 2.19 bits per heavy atom. The molecule has 1 fully saturated rings. The van der Waals surface area contributed by atoms with Gasteiger partial charge in [0.05, 0.1) is 6.10 Å². The minimum Gasteiger partial charge on any atom is -0.482 e. The van der Waals surface area contributed by atoms with Crippen LogP contribution in [0, 0.1) is 23.7 Å². The second-order valence-electron chi connectivity index (χ2n) is 11.8. The molecule has 0 saturated heterocycles. The molecule has 6 heteroatoms. The lowest BCUT2D eigenvalue weighted by atomic mass is 9.73. The molecule has 0 spiro atoms. The summed E-state index contributed by atoms with van der Waals surface area (Å²) in [5, 5.41) is 10.3. The number of hydrogen-bond donors (Lipinski definition) is 1. The van der Waals surface area contributed by atoms with Crippen LogP contribution in [0.2, 0.25) is 0 Å². The van der Waals surface area contributed by atoms with Gasteiger partial charge in [-0.1, -0.05) is 79.7 Å². The number of hydrogen-bond acceptors (Lipinski definition) is 6. The Bertz CT molecular complexity index is 1310. The molecule has 6 nitrogen and oxygen atoms in total. The van der Waals surface area contributed by atoms with E-state index in [2.05, 4.69) is 6.07 Å². The van der Waals surface area contributed by atoms with E-state index in [4.69, 9.17) is 14.2 Å². The van der Waals surface area contributed by atoms with Crippen molar-refractivity contribution >= 4 is 11.9 Å². The highest BCUT2D eigenvalue weighted by Gasteiger charge is 2.46. The van der Waals surface area contributed by atoms with Crippen molar-refractivity contribution in [3.63, 3.8) is 0 Å². The van der Waals surface area contributed by atoms with Crippen LogP contribution in [0.5, 0.6) is 5.75 Å². The summed E-state index contributed by atoms with van der Waals surface area (Å²) in [6.07, 6.45) is 5.21. The van der Waals surface area contributed by atoms with Crippen LogP contribution in [0.1, 0.15) is 61.3 Å². The van der Waals surface area contributed by atoms with E-state index in [0.29, 0.717) is 30.8 Å². The summed E-state index contributed by atoms with van der Waals surface area (Å²) in [5.74, 6) is 1.63. The van der Waals surface area contributed by atoms with E-state index in [9.17, 15) is 14.7 Å². The first kappa shape index (κ1) is 29.8. The summed E-state index contributed by atoms with van der Waals surface area (Å²) >= 11 is 0. The van der Waals surface area contributed by atoms with Gasteiger partial charge in [0.25, 0.3) is 0 Å². The molecule has 0 aliphatic heterocycles. The topological polar surface area (TPSA) is 82.1 Å². The van der Waals surface area contributed by atoms with Gasteiger partial charge in [0.15, 0.2) is 6.61 Å². The number of esters is 2. The molecule has 222 valence electrons. The van der Waals surface area contributed by atoms with Crippen LogP contribution in [0.25, 0.3) is 0 Å². The van der Waals surface area contributed by atoms with Crippen LogP contribution in [0.3, 0.4) is 0 Å². The highest BCUT2D eigenvalue weighted by Crippen LogP contribution is 2.52. The summed E-state index contributed by atoms with van der Waals surface area (Å²) < 4.78 is 17.1. The molecule has 42 heavy (non-hydrogen) atoms. The fraction of sp³-hybridized carbons (Fsp3) is 0.444. The van der Waals surface area contributed by atoms with Crippen LogP contribution < -0.4 is 4.74 Å². The van der Waals surface area contributed by atoms with Gasteiger partial charge in [0, 0.05) is 6.42 Å². The lowest BCUT2D eigenvalue weighted by Crippen LogP contribution is -2.28. The summed E-state index contributed by atoms with van der Waals surface area (Å²) in [4.78, 5) is 25.4. The number of aliphatic hydroxyl groups excluding tert-OH is 1. The number of benzene rings is 3. The van der Waals surface area contributed by atoms with Crippen LogP contribution in [0.15, 0.2) is 78.9 Å². The lowest BCUT2D eigenvalue weighted by Gasteiger charge is -2.33. The van der Waals surface area contributed by atoms with Gasteiger partial charge in [-0.25, -0.2) is 4.79 Å². The van der Waals surface area contributed by atoms with Gasteiger partial charge in [-0.15, -0.1) is 0 Å². The SMILES string of the molecule is CC[C@H](O)CC[C@H]1[C@H](CC(=O)OCc2ccccc2)C[C@@H]2Cc3c(cccc3OCC(=O)OCc3ccccc3)C[C@@H]21. The second-order valence-corrected chi connectivity index (χ2v) is 11.8. The van der Waals surface area contributed by atoms with Crippen molar-refractivity contribution in [2.24, 2.45) is 23.7 Å². The zero-order valence-corrected chi connectivity index (χ0v) is 24.5. The van der Waals surface area contributed by atoms with Crippen LogP contribution in [-0.2, 0) is 45.1 Å². The molecular weight excluding hydrogens is 528 g/mol. The molecule has 5 atom stereocenters. The van der Waals surface area contributed by atoms with E-state index >= 15 is 0 Å². The maximum Gasteiger partial charge on any atom is 0.344 e. The first-order valence-electron chi connectivity index (χ1n) is 15.3. The normalized spacial score (nSPS) is 21.6. The van der Waals surface area contributed by atoms with Crippen molar-refractivity contribution in [1.29, 1.82) is 0 Å². The smallest absolute Gasteiger partial charge is 0.344 e. The first-order chi connectivity index (χ1) is 20.5. The first-order valence-corrected chi connectivity index (χ1v) is 15.3. The Morgan fingerprint density at radius 2 is 1.52 bits per heavy atom. The largest absolute Gasteiger partial charge is 0.482 e. The molecule has 0 unspecified atom stereocenters. The highest BCUT2D eigenvalue weighted by molar-refractivity contribution is 5.71. The van der Waals surface area contributed by atoms with E-state index in [0.717, 1.165) is 61.0 Å². The minimum absolute atomic E-state index is 0.134. The van der Waals surface area contributed by atoms with Crippen molar-refractivity contribution in [2.45, 2.75) is 71.2 Å². The molecule has 0 heterocycles. The van der Waals surface area contributed by atoms with Gasteiger partial charge in [-0.3, -0.25) is 4.79 Å². The fourth-order valence-corrected chi connectivity index (χ4v) is 6.88. The van der Waals surface area contributed by atoms with Crippen LogP contribution >= 0.6 is 0 Å². The van der Waals surface area contributed by atoms with Crippen molar-refractivity contribution in [3.8, 4) is 5.75 Å². The maximum absolute atomic E-state index is 12.9. The molecular formula is C36H42O6. The third-order valence-electron chi connectivity index (χ3n) is 9.08. The fourth-order valence-electron chi connectivity index (χ4n) is 6.88. The quantitative estimate of drug-likeness (QED) is 0.238. The zero-order chi connectivity index (χ0) is 29.3. The minimum atomic E-state index is -0.394. The molecule has 0 amide bonds. The van der Waals surface area contributed by atoms with Gasteiger partial charge in [-0.2, -0.15) is 0 Å². The number of ether oxygens (including phenoxy) is 3. The summed E-state index contributed by atoms with van der Waals surface area (Å²) in [6.45, 7) is 2.39. The van der Waals surface area contributed by atoms with E-state index in [-0.39, 0.29) is 31.2 Å². The van der Waals surface area contributed by atoms with Gasteiger partial charge >= 0.3 is 11.9 Å². The molecule has 2 aliphatic carbocycles. The number of carbonyl (C=O) groups is 2. The third kappa shape index (κ3) is 7.80. The van der Waals surface area contributed by atoms with Crippen LogP contribution in [-0.4, -0.2) is 29.8 Å². The summed E-state index contributed by atoms with van der Waals surface area (Å²) in [6, 6.07) is 25.5. The Hall–Kier alpha value is -3.64. The molecule has 5 rings (SSSR count). The molecule has 0 bridgehead atoms. The van der Waals surface area contributed by atoms with Gasteiger partial charge in [0.2, 0.25) is 0 Å². The number of rotatable bonds is 13. The van der Waals surface area contributed by atoms with E-state index in [1.165, 1.54) is 5.56 Å². The second kappa shape index (κ2) is 14.5. The van der Waals surface area contributed by atoms with E-state index < -0.39 is 5.97 Å². The average molecular weight is 571 g/mol. The van der Waals surface area contributed by atoms with Crippen molar-refractivity contribution in [3.05, 3.63) is 101 Å². The summed E-state index contributed by atoms with van der Waals surface area (Å²) in [5.41, 5.74) is 4.34. The standard InChI is InChI=1S/C36H42O6/c1-2-30(37)16-17-31-29(21-35(38)41-22-25-10-5-3-6-11-25)18-28-20-33-27(19-32(28)31)14-9-15-34(33)40-24-36(39)42-23-26-12-7-4-8-13-26/h3-15,28-32,37H,2,16-24H2,1H3/t28-,29+,30+,31+,32+/m1/s1. The Kier molecular flexibility index (Phi) is 10.3. The Labute approximate surface area is 249 Å². The zero-order valence-electron chi connectivity index (χ0n) is 24.5. The number of aliphatic hydroxyl groups is 1. The van der Waals surface area contributed by atoms with E-state index in [1.54, 1.807) is 0 Å². The predicted octanol–water partition coefficient (Wildman–Crippen LogP) is 6.46. The summed E-state index contributed by atoms with van der Waals surface area (Å²) in [7, 11) is 0. The van der Waals surface area contributed by atoms with Crippen molar-refractivity contribution < 1.29 is 28.9 Å². The monoisotopic (exact) mass is 570 g/mol. The van der Waals surface area contributed by atoms with Gasteiger partial charge in [-0.05, 0) is 90.5 Å². The Balaban J connectivity index is 1.22. The van der Waals surface area contributed by atoms with Gasteiger partial charge < -0.3 is 19.3 Å². The Morgan fingerprint density at radius 1 is 0.857 bits per heavy atom. The van der Waals surface area contributed by atoms with Crippen LogP contribution in [0.4, 0.5) is 0 Å². The molecule has 0 radical (unpaired) electrons. The third-order valence-corrected chi connectivity index (χ3v) is 9.08. The average Bonchev–Trinajstić information content (AvgIpc) is 3.35. The maximum atomic E-state index is 12.9. The highest BCUT2D eigenvalue weighted by atomic mass is 16.6. The molecule has 3 aromatic carbocycles. The molecule has 0 aromatic heterocycles. The molecule has 2 aliphatic rings. The molecule has 1 N–H and O–H groups in total. The van der Waals surface area contributed by atoms with E-state index in [1.807, 2.05) is 79.7 Å². The van der Waals surface area contributed by atoms with Gasteiger partial charge in [0.1, 0.15) is 19.0 Å². The predicted molar refractivity (Wildman–Crippen MR) is 161 cm³/mol. The molecule has 3 aromatic rings. The van der Waals surface area contributed by atoms with Crippen molar-refractivity contribution in [2.75, 3.05) is 6.61 Å². The van der Waals surface area contributed by atoms with Crippen molar-refractivity contribution in [1.82, 2.24) is 0 Å².